The molecule has 0 aromatic heterocycles. The molecule has 1 fully saturated rings. The standard InChI is InChI=1S/C30H37N3O/c1-3-24-13-14-26(23-34)27(21-24)22-32(2)19-20-33-17-15-28(16-18-33)31-30-12-8-7-11-29(30)25-9-5-4-6-10-25/h4-14,21,23,28,31H,3,15-20,22H2,1-2H3. The van der Waals surface area contributed by atoms with Crippen molar-refractivity contribution in [2.24, 2.45) is 0 Å². The van der Waals surface area contributed by atoms with Crippen molar-refractivity contribution in [2.75, 3.05) is 38.5 Å². The van der Waals surface area contributed by atoms with Crippen LogP contribution in [0.25, 0.3) is 11.1 Å². The number of anilines is 1. The third-order valence-corrected chi connectivity index (χ3v) is 6.94. The first-order valence-electron chi connectivity index (χ1n) is 12.5. The molecule has 0 radical (unpaired) electrons. The zero-order chi connectivity index (χ0) is 23.8. The maximum atomic E-state index is 11.4. The summed E-state index contributed by atoms with van der Waals surface area (Å²) >= 11 is 0. The van der Waals surface area contributed by atoms with Crippen LogP contribution in [0, 0.1) is 0 Å². The number of likely N-dealkylation sites (tertiary alicyclic amines) is 1. The molecule has 0 unspecified atom stereocenters. The van der Waals surface area contributed by atoms with Crippen molar-refractivity contribution in [3.8, 4) is 11.1 Å². The van der Waals surface area contributed by atoms with Crippen LogP contribution in [0.15, 0.2) is 72.8 Å². The van der Waals surface area contributed by atoms with Crippen LogP contribution in [0.1, 0.15) is 41.3 Å². The molecule has 0 bridgehead atoms. The quantitative estimate of drug-likeness (QED) is 0.396. The summed E-state index contributed by atoms with van der Waals surface area (Å²) in [6.07, 6.45) is 4.28. The molecule has 0 spiro atoms. The number of piperidine rings is 1. The Morgan fingerprint density at radius 1 is 1.00 bits per heavy atom. The lowest BCUT2D eigenvalue weighted by molar-refractivity contribution is 0.112. The Kier molecular flexibility index (Phi) is 8.51. The molecule has 1 heterocycles. The number of hydrogen-bond donors (Lipinski definition) is 1. The third kappa shape index (κ3) is 6.34. The molecule has 4 rings (SSSR count). The molecular weight excluding hydrogens is 418 g/mol. The van der Waals surface area contributed by atoms with E-state index in [0.717, 1.165) is 69.4 Å². The van der Waals surface area contributed by atoms with Crippen LogP contribution < -0.4 is 5.32 Å². The molecule has 0 saturated carbocycles. The molecule has 0 amide bonds. The van der Waals surface area contributed by atoms with Gasteiger partial charge in [-0.1, -0.05) is 73.7 Å². The highest BCUT2D eigenvalue weighted by atomic mass is 16.1. The molecule has 1 N–H and O–H groups in total. The highest BCUT2D eigenvalue weighted by Crippen LogP contribution is 2.29. The van der Waals surface area contributed by atoms with E-state index in [1.807, 2.05) is 6.07 Å². The average molecular weight is 456 g/mol. The van der Waals surface area contributed by atoms with Gasteiger partial charge in [-0.25, -0.2) is 0 Å². The van der Waals surface area contributed by atoms with Gasteiger partial charge in [0.25, 0.3) is 0 Å². The predicted molar refractivity (Wildman–Crippen MR) is 143 cm³/mol. The molecule has 3 aromatic rings. The van der Waals surface area contributed by atoms with E-state index >= 15 is 0 Å². The van der Waals surface area contributed by atoms with E-state index < -0.39 is 0 Å². The number of carbonyl (C=O) groups is 1. The number of nitrogens with one attached hydrogen (secondary N) is 1. The van der Waals surface area contributed by atoms with Gasteiger partial charge in [-0.15, -0.1) is 0 Å². The van der Waals surface area contributed by atoms with Gasteiger partial charge >= 0.3 is 0 Å². The molecule has 0 aliphatic carbocycles. The van der Waals surface area contributed by atoms with Gasteiger partial charge in [-0.3, -0.25) is 4.79 Å². The number of rotatable bonds is 10. The van der Waals surface area contributed by atoms with E-state index in [2.05, 4.69) is 95.8 Å². The zero-order valence-electron chi connectivity index (χ0n) is 20.5. The fraction of sp³-hybridized carbons (Fsp3) is 0.367. The summed E-state index contributed by atoms with van der Waals surface area (Å²) in [7, 11) is 2.15. The van der Waals surface area contributed by atoms with Crippen molar-refractivity contribution in [1.29, 1.82) is 0 Å². The first-order chi connectivity index (χ1) is 16.7. The smallest absolute Gasteiger partial charge is 0.150 e. The topological polar surface area (TPSA) is 35.6 Å². The lowest BCUT2D eigenvalue weighted by atomic mass is 10.0. The molecule has 3 aromatic carbocycles. The van der Waals surface area contributed by atoms with Crippen molar-refractivity contribution < 1.29 is 4.79 Å². The Morgan fingerprint density at radius 3 is 2.47 bits per heavy atom. The van der Waals surface area contributed by atoms with Gasteiger partial charge in [0.15, 0.2) is 0 Å². The van der Waals surface area contributed by atoms with Crippen LogP contribution in [-0.4, -0.2) is 55.4 Å². The van der Waals surface area contributed by atoms with Crippen LogP contribution in [0.3, 0.4) is 0 Å². The number of nitrogens with zero attached hydrogens (tertiary/aromatic N) is 2. The largest absolute Gasteiger partial charge is 0.382 e. The van der Waals surface area contributed by atoms with Crippen LogP contribution >= 0.6 is 0 Å². The molecule has 0 atom stereocenters. The summed E-state index contributed by atoms with van der Waals surface area (Å²) in [4.78, 5) is 16.4. The van der Waals surface area contributed by atoms with Gasteiger partial charge in [-0.2, -0.15) is 0 Å². The molecule has 34 heavy (non-hydrogen) atoms. The third-order valence-electron chi connectivity index (χ3n) is 6.94. The monoisotopic (exact) mass is 455 g/mol. The predicted octanol–water partition coefficient (Wildman–Crippen LogP) is 5.74. The summed E-state index contributed by atoms with van der Waals surface area (Å²) in [5.74, 6) is 0. The lowest BCUT2D eigenvalue weighted by Crippen LogP contribution is -2.42. The summed E-state index contributed by atoms with van der Waals surface area (Å²) < 4.78 is 0. The number of aryl methyl sites for hydroxylation is 1. The Balaban J connectivity index is 1.26. The van der Waals surface area contributed by atoms with Crippen molar-refractivity contribution in [3.05, 3.63) is 89.5 Å². The van der Waals surface area contributed by atoms with Crippen LogP contribution in [-0.2, 0) is 13.0 Å². The number of benzene rings is 3. The van der Waals surface area contributed by atoms with Gasteiger partial charge in [-0.05, 0) is 49.1 Å². The van der Waals surface area contributed by atoms with Crippen molar-refractivity contribution in [3.63, 3.8) is 0 Å². The van der Waals surface area contributed by atoms with Gasteiger partial charge < -0.3 is 15.1 Å². The number of likely N-dealkylation sites (N-methyl/N-ethyl adjacent to an activating group) is 1. The minimum absolute atomic E-state index is 0.505. The number of aldehydes is 1. The minimum atomic E-state index is 0.505. The summed E-state index contributed by atoms with van der Waals surface area (Å²) in [5, 5.41) is 3.82. The first-order valence-corrected chi connectivity index (χ1v) is 12.5. The number of carbonyl (C=O) groups excluding carboxylic acids is 1. The minimum Gasteiger partial charge on any atom is -0.382 e. The van der Waals surface area contributed by atoms with E-state index in [1.165, 1.54) is 22.4 Å². The van der Waals surface area contributed by atoms with Crippen molar-refractivity contribution >= 4 is 12.0 Å². The molecule has 1 aliphatic heterocycles. The van der Waals surface area contributed by atoms with E-state index in [1.54, 1.807) is 0 Å². The Morgan fingerprint density at radius 2 is 1.74 bits per heavy atom. The summed E-state index contributed by atoms with van der Waals surface area (Å²) in [6.45, 7) is 7.27. The lowest BCUT2D eigenvalue weighted by Gasteiger charge is -2.34. The van der Waals surface area contributed by atoms with E-state index in [9.17, 15) is 4.79 Å². The molecule has 1 saturated heterocycles. The fourth-order valence-corrected chi connectivity index (χ4v) is 4.81. The van der Waals surface area contributed by atoms with Crippen LogP contribution in [0.2, 0.25) is 0 Å². The molecule has 178 valence electrons. The van der Waals surface area contributed by atoms with E-state index in [-0.39, 0.29) is 0 Å². The first kappa shape index (κ1) is 24.2. The van der Waals surface area contributed by atoms with Crippen LogP contribution in [0.5, 0.6) is 0 Å². The molecule has 4 nitrogen and oxygen atoms in total. The van der Waals surface area contributed by atoms with E-state index in [4.69, 9.17) is 0 Å². The van der Waals surface area contributed by atoms with Gasteiger partial charge in [0.05, 0.1) is 0 Å². The summed E-state index contributed by atoms with van der Waals surface area (Å²) in [6, 6.07) is 26.0. The fourth-order valence-electron chi connectivity index (χ4n) is 4.81. The SMILES string of the molecule is CCc1ccc(C=O)c(CN(C)CCN2CCC(Nc3ccccc3-c3ccccc3)CC2)c1. The van der Waals surface area contributed by atoms with Crippen molar-refractivity contribution in [2.45, 2.75) is 38.8 Å². The van der Waals surface area contributed by atoms with E-state index in [0.29, 0.717) is 6.04 Å². The second-order valence-corrected chi connectivity index (χ2v) is 9.41. The molecule has 1 aliphatic rings. The Bertz CT molecular complexity index is 1060. The van der Waals surface area contributed by atoms with Gasteiger partial charge in [0, 0.05) is 55.6 Å². The highest BCUT2D eigenvalue weighted by Gasteiger charge is 2.20. The average Bonchev–Trinajstić information content (AvgIpc) is 2.89. The molecular formula is C30H37N3O. The summed E-state index contributed by atoms with van der Waals surface area (Å²) in [5.41, 5.74) is 7.00. The Hall–Kier alpha value is -2.95. The normalized spacial score (nSPS) is 14.9. The Labute approximate surface area is 204 Å². The second kappa shape index (κ2) is 12.0. The number of para-hydroxylation sites is 1. The second-order valence-electron chi connectivity index (χ2n) is 9.41. The molecule has 4 heteroatoms. The maximum absolute atomic E-state index is 11.4. The zero-order valence-corrected chi connectivity index (χ0v) is 20.5. The highest BCUT2D eigenvalue weighted by molar-refractivity contribution is 5.78. The number of hydrogen-bond acceptors (Lipinski definition) is 4. The van der Waals surface area contributed by atoms with Crippen LogP contribution in [0.4, 0.5) is 5.69 Å². The van der Waals surface area contributed by atoms with Crippen molar-refractivity contribution in [1.82, 2.24) is 9.80 Å². The maximum Gasteiger partial charge on any atom is 0.150 e. The van der Waals surface area contributed by atoms with Gasteiger partial charge in [0.1, 0.15) is 6.29 Å². The van der Waals surface area contributed by atoms with Gasteiger partial charge in [0.2, 0.25) is 0 Å².